The lowest BCUT2D eigenvalue weighted by Gasteiger charge is -2.30. The summed E-state index contributed by atoms with van der Waals surface area (Å²) in [5.41, 5.74) is 1.10. The number of hydrogen-bond donors (Lipinski definition) is 0. The van der Waals surface area contributed by atoms with Gasteiger partial charge in [-0.15, -0.1) is 11.3 Å². The predicted molar refractivity (Wildman–Crippen MR) is 88.5 cm³/mol. The molecule has 1 aromatic carbocycles. The molecule has 1 amide bonds. The van der Waals surface area contributed by atoms with Crippen molar-refractivity contribution in [2.24, 2.45) is 5.92 Å². The Morgan fingerprint density at radius 1 is 1.48 bits per heavy atom. The van der Waals surface area contributed by atoms with Crippen molar-refractivity contribution in [1.82, 2.24) is 9.88 Å². The van der Waals surface area contributed by atoms with E-state index in [0.717, 1.165) is 22.7 Å². The number of ether oxygens (including phenoxy) is 2. The molecule has 1 unspecified atom stereocenters. The number of benzene rings is 1. The zero-order valence-corrected chi connectivity index (χ0v) is 13.9. The van der Waals surface area contributed by atoms with Crippen LogP contribution >= 0.6 is 11.3 Å². The van der Waals surface area contributed by atoms with E-state index in [1.807, 2.05) is 34.5 Å². The number of hydrogen-bond acceptors (Lipinski definition) is 5. The number of rotatable bonds is 6. The summed E-state index contributed by atoms with van der Waals surface area (Å²) >= 11 is 1.56. The molecule has 122 valence electrons. The van der Waals surface area contributed by atoms with Gasteiger partial charge < -0.3 is 14.4 Å². The molecule has 1 atom stereocenters. The smallest absolute Gasteiger partial charge is 0.229 e. The molecule has 0 radical (unpaired) electrons. The number of nitrogens with zero attached hydrogens (tertiary/aromatic N) is 2. The Morgan fingerprint density at radius 3 is 3.13 bits per heavy atom. The summed E-state index contributed by atoms with van der Waals surface area (Å²) in [4.78, 5) is 19.0. The van der Waals surface area contributed by atoms with Crippen LogP contribution in [0.3, 0.4) is 0 Å². The topological polar surface area (TPSA) is 51.7 Å². The Bertz CT molecular complexity index is 645. The monoisotopic (exact) mass is 332 g/mol. The lowest BCUT2D eigenvalue weighted by molar-refractivity contribution is -0.138. The minimum atomic E-state index is -0.151. The first-order valence-electron chi connectivity index (χ1n) is 7.64. The summed E-state index contributed by atoms with van der Waals surface area (Å²) in [6.07, 6.45) is 2.48. The van der Waals surface area contributed by atoms with Crippen LogP contribution in [0, 0.1) is 5.92 Å². The number of aromatic nitrogens is 1. The van der Waals surface area contributed by atoms with Crippen molar-refractivity contribution >= 4 is 17.2 Å². The minimum Gasteiger partial charge on any atom is -0.492 e. The largest absolute Gasteiger partial charge is 0.492 e. The van der Waals surface area contributed by atoms with E-state index >= 15 is 0 Å². The van der Waals surface area contributed by atoms with Crippen LogP contribution in [0.1, 0.15) is 10.6 Å². The first kappa shape index (κ1) is 16.0. The number of amides is 1. The summed E-state index contributed by atoms with van der Waals surface area (Å²) in [6, 6.07) is 7.91. The van der Waals surface area contributed by atoms with Crippen LogP contribution < -0.4 is 4.74 Å². The van der Waals surface area contributed by atoms with Gasteiger partial charge in [0.05, 0.1) is 19.1 Å². The summed E-state index contributed by atoms with van der Waals surface area (Å²) in [7, 11) is 1.64. The second-order valence-corrected chi connectivity index (χ2v) is 6.48. The van der Waals surface area contributed by atoms with Crippen LogP contribution in [0.15, 0.2) is 35.8 Å². The predicted octanol–water partition coefficient (Wildman–Crippen LogP) is 2.37. The molecular weight excluding hydrogens is 312 g/mol. The van der Waals surface area contributed by atoms with Gasteiger partial charge in [-0.05, 0) is 18.1 Å². The third-order valence-electron chi connectivity index (χ3n) is 3.91. The Kier molecular flexibility index (Phi) is 5.25. The van der Waals surface area contributed by atoms with Crippen LogP contribution in [0.25, 0.3) is 0 Å². The van der Waals surface area contributed by atoms with E-state index in [2.05, 4.69) is 4.98 Å². The first-order valence-corrected chi connectivity index (χ1v) is 8.52. The first-order chi connectivity index (χ1) is 11.3. The highest BCUT2D eigenvalue weighted by Gasteiger charge is 2.29. The molecule has 1 aliphatic heterocycles. The third-order valence-corrected chi connectivity index (χ3v) is 4.68. The van der Waals surface area contributed by atoms with Crippen molar-refractivity contribution in [1.29, 1.82) is 0 Å². The van der Waals surface area contributed by atoms with E-state index in [0.29, 0.717) is 26.3 Å². The average Bonchev–Trinajstić information content (AvgIpc) is 3.10. The molecule has 0 bridgehead atoms. The zero-order chi connectivity index (χ0) is 16.1. The van der Waals surface area contributed by atoms with Gasteiger partial charge in [0.1, 0.15) is 17.4 Å². The second kappa shape index (κ2) is 7.57. The lowest BCUT2D eigenvalue weighted by Crippen LogP contribution is -2.41. The van der Waals surface area contributed by atoms with Gasteiger partial charge in [-0.2, -0.15) is 0 Å². The van der Waals surface area contributed by atoms with Crippen molar-refractivity contribution in [3.05, 3.63) is 46.4 Å². The summed E-state index contributed by atoms with van der Waals surface area (Å²) in [5, 5.41) is 2.86. The molecule has 0 spiro atoms. The van der Waals surface area contributed by atoms with E-state index in [9.17, 15) is 4.79 Å². The van der Waals surface area contributed by atoms with Crippen molar-refractivity contribution < 1.29 is 14.3 Å². The highest BCUT2D eigenvalue weighted by molar-refractivity contribution is 7.09. The zero-order valence-electron chi connectivity index (χ0n) is 13.1. The maximum Gasteiger partial charge on any atom is 0.229 e. The highest BCUT2D eigenvalue weighted by Crippen LogP contribution is 2.28. The van der Waals surface area contributed by atoms with Crippen molar-refractivity contribution in [3.8, 4) is 5.75 Å². The van der Waals surface area contributed by atoms with Crippen molar-refractivity contribution in [3.63, 3.8) is 0 Å². The fourth-order valence-electron chi connectivity index (χ4n) is 2.71. The molecular formula is C17H20N2O3S. The summed E-state index contributed by atoms with van der Waals surface area (Å²) in [5.74, 6) is 0.841. The number of carbonyl (C=O) groups is 1. The second-order valence-electron chi connectivity index (χ2n) is 5.50. The average molecular weight is 332 g/mol. The quantitative estimate of drug-likeness (QED) is 0.815. The molecule has 5 nitrogen and oxygen atoms in total. The summed E-state index contributed by atoms with van der Waals surface area (Å²) in [6.45, 7) is 2.03. The van der Waals surface area contributed by atoms with E-state index in [-0.39, 0.29) is 11.8 Å². The van der Waals surface area contributed by atoms with Gasteiger partial charge >= 0.3 is 0 Å². The third kappa shape index (κ3) is 3.89. The van der Waals surface area contributed by atoms with Crippen LogP contribution in [0.4, 0.5) is 0 Å². The van der Waals surface area contributed by atoms with Gasteiger partial charge in [0.25, 0.3) is 0 Å². The molecule has 1 aromatic heterocycles. The van der Waals surface area contributed by atoms with Crippen LogP contribution in [-0.2, 0) is 22.5 Å². The minimum absolute atomic E-state index is 0.103. The highest BCUT2D eigenvalue weighted by atomic mass is 32.1. The molecule has 6 heteroatoms. The normalized spacial score (nSPS) is 16.5. The standard InChI is InChI=1S/C17H20N2O3S/c1-21-8-7-19(11-16-18-6-9-23-16)17(20)14-10-13-4-2-3-5-15(13)22-12-14/h2-6,9,14H,7-8,10-12H2,1H3. The van der Waals surface area contributed by atoms with Crippen LogP contribution in [0.5, 0.6) is 5.75 Å². The fourth-order valence-corrected chi connectivity index (χ4v) is 3.34. The van der Waals surface area contributed by atoms with Crippen LogP contribution in [0.2, 0.25) is 0 Å². The molecule has 2 aromatic rings. The number of carbonyl (C=O) groups excluding carboxylic acids is 1. The SMILES string of the molecule is COCCN(Cc1nccs1)C(=O)C1COc2ccccc2C1. The molecule has 3 rings (SSSR count). The molecule has 2 heterocycles. The molecule has 23 heavy (non-hydrogen) atoms. The van der Waals surface area contributed by atoms with Gasteiger partial charge in [-0.3, -0.25) is 4.79 Å². The Morgan fingerprint density at radius 2 is 2.35 bits per heavy atom. The van der Waals surface area contributed by atoms with Gasteiger partial charge in [0, 0.05) is 25.2 Å². The van der Waals surface area contributed by atoms with Crippen molar-refractivity contribution in [2.45, 2.75) is 13.0 Å². The Hall–Kier alpha value is -1.92. The summed E-state index contributed by atoms with van der Waals surface area (Å²) < 4.78 is 10.9. The van der Waals surface area contributed by atoms with Gasteiger partial charge in [-0.1, -0.05) is 18.2 Å². The number of methoxy groups -OCH3 is 1. The molecule has 1 aliphatic rings. The van der Waals surface area contributed by atoms with E-state index in [4.69, 9.17) is 9.47 Å². The molecule has 0 saturated heterocycles. The molecule has 0 aliphatic carbocycles. The van der Waals surface area contributed by atoms with Gasteiger partial charge in [0.2, 0.25) is 5.91 Å². The van der Waals surface area contributed by atoms with Crippen LogP contribution in [-0.4, -0.2) is 42.7 Å². The fraction of sp³-hybridized carbons (Fsp3) is 0.412. The van der Waals surface area contributed by atoms with Crippen molar-refractivity contribution in [2.75, 3.05) is 26.9 Å². The van der Waals surface area contributed by atoms with Gasteiger partial charge in [-0.25, -0.2) is 4.98 Å². The number of thiazole rings is 1. The maximum atomic E-state index is 12.9. The maximum absolute atomic E-state index is 12.9. The van der Waals surface area contributed by atoms with E-state index < -0.39 is 0 Å². The number of para-hydroxylation sites is 1. The lowest BCUT2D eigenvalue weighted by atomic mass is 9.95. The molecule has 0 fully saturated rings. The van der Waals surface area contributed by atoms with E-state index in [1.165, 1.54) is 0 Å². The van der Waals surface area contributed by atoms with E-state index in [1.54, 1.807) is 24.6 Å². The Balaban J connectivity index is 1.70. The van der Waals surface area contributed by atoms with Gasteiger partial charge in [0.15, 0.2) is 0 Å². The Labute approximate surface area is 139 Å². The number of fused-ring (bicyclic) bond motifs is 1. The molecule has 0 saturated carbocycles. The molecule has 0 N–H and O–H groups in total.